The van der Waals surface area contributed by atoms with Gasteiger partial charge in [0, 0.05) is 18.8 Å². The molecule has 1 aliphatic rings. The highest BCUT2D eigenvalue weighted by Crippen LogP contribution is 2.09. The molecule has 0 spiro atoms. The van der Waals surface area contributed by atoms with E-state index in [1.165, 1.54) is 0 Å². The molecule has 0 saturated carbocycles. The fourth-order valence-corrected chi connectivity index (χ4v) is 2.06. The number of aromatic nitrogens is 1. The lowest BCUT2D eigenvalue weighted by atomic mass is 10.0. The Kier molecular flexibility index (Phi) is 4.52. The summed E-state index contributed by atoms with van der Waals surface area (Å²) in [4.78, 5) is 15.9. The molecule has 1 atom stereocenters. The van der Waals surface area contributed by atoms with Crippen molar-refractivity contribution >= 4 is 5.91 Å². The summed E-state index contributed by atoms with van der Waals surface area (Å²) in [7, 11) is 1.58. The average molecular weight is 249 g/mol. The first kappa shape index (κ1) is 12.8. The third-order valence-electron chi connectivity index (χ3n) is 3.10. The Morgan fingerprint density at radius 2 is 2.50 bits per heavy atom. The lowest BCUT2D eigenvalue weighted by Gasteiger charge is -2.22. The molecule has 5 heteroatoms. The molecule has 1 aliphatic heterocycles. The van der Waals surface area contributed by atoms with Gasteiger partial charge in [-0.05, 0) is 31.0 Å². The van der Waals surface area contributed by atoms with Crippen LogP contribution < -0.4 is 15.4 Å². The molecule has 1 aromatic rings. The number of piperidine rings is 1. The molecule has 1 unspecified atom stereocenters. The second kappa shape index (κ2) is 6.35. The summed E-state index contributed by atoms with van der Waals surface area (Å²) in [6.45, 7) is 1.44. The van der Waals surface area contributed by atoms with Gasteiger partial charge in [0.25, 0.3) is 0 Å². The van der Waals surface area contributed by atoms with Crippen molar-refractivity contribution in [2.24, 2.45) is 0 Å². The van der Waals surface area contributed by atoms with Crippen LogP contribution in [0.4, 0.5) is 0 Å². The van der Waals surface area contributed by atoms with E-state index in [0.717, 1.165) is 31.4 Å². The van der Waals surface area contributed by atoms with Gasteiger partial charge in [0.15, 0.2) is 0 Å². The van der Waals surface area contributed by atoms with E-state index in [9.17, 15) is 4.79 Å². The first-order chi connectivity index (χ1) is 8.79. The van der Waals surface area contributed by atoms with Crippen LogP contribution in [0, 0.1) is 0 Å². The number of nitrogens with one attached hydrogen (secondary N) is 2. The molecule has 2 heterocycles. The van der Waals surface area contributed by atoms with E-state index in [4.69, 9.17) is 4.74 Å². The Morgan fingerprint density at radius 1 is 1.61 bits per heavy atom. The van der Waals surface area contributed by atoms with Crippen molar-refractivity contribution in [1.29, 1.82) is 0 Å². The van der Waals surface area contributed by atoms with Crippen molar-refractivity contribution in [2.45, 2.75) is 31.8 Å². The average Bonchev–Trinajstić information content (AvgIpc) is 2.46. The molecule has 5 nitrogen and oxygen atoms in total. The fraction of sp³-hybridized carbons (Fsp3) is 0.538. The second-order valence-electron chi connectivity index (χ2n) is 4.43. The first-order valence-corrected chi connectivity index (χ1v) is 6.29. The molecule has 0 aliphatic carbocycles. The minimum absolute atomic E-state index is 0.0394. The molecule has 0 bridgehead atoms. The second-order valence-corrected chi connectivity index (χ2v) is 4.43. The van der Waals surface area contributed by atoms with Gasteiger partial charge < -0.3 is 15.4 Å². The third-order valence-corrected chi connectivity index (χ3v) is 3.10. The van der Waals surface area contributed by atoms with Gasteiger partial charge in [0.05, 0.1) is 13.2 Å². The molecule has 2 rings (SSSR count). The van der Waals surface area contributed by atoms with Crippen LogP contribution in [-0.4, -0.2) is 30.6 Å². The molecule has 1 amide bonds. The van der Waals surface area contributed by atoms with E-state index >= 15 is 0 Å². The molecular weight excluding hydrogens is 230 g/mol. The number of carbonyl (C=O) groups excluding carboxylic acids is 1. The number of ether oxygens (including phenoxy) is 1. The number of amides is 1. The number of rotatable bonds is 4. The molecule has 0 radical (unpaired) electrons. The van der Waals surface area contributed by atoms with Crippen molar-refractivity contribution in [3.05, 3.63) is 23.9 Å². The van der Waals surface area contributed by atoms with Crippen LogP contribution in [0.25, 0.3) is 0 Å². The van der Waals surface area contributed by atoms with Gasteiger partial charge in [-0.1, -0.05) is 6.42 Å². The van der Waals surface area contributed by atoms with Crippen LogP contribution in [-0.2, 0) is 11.3 Å². The lowest BCUT2D eigenvalue weighted by Crippen LogP contribution is -2.46. The largest absolute Gasteiger partial charge is 0.481 e. The van der Waals surface area contributed by atoms with E-state index in [2.05, 4.69) is 15.6 Å². The van der Waals surface area contributed by atoms with Crippen molar-refractivity contribution in [3.8, 4) is 5.88 Å². The van der Waals surface area contributed by atoms with Crippen molar-refractivity contribution in [2.75, 3.05) is 13.7 Å². The highest BCUT2D eigenvalue weighted by Gasteiger charge is 2.19. The lowest BCUT2D eigenvalue weighted by molar-refractivity contribution is -0.123. The van der Waals surface area contributed by atoms with Gasteiger partial charge in [0.2, 0.25) is 11.8 Å². The minimum atomic E-state index is -0.0394. The molecule has 1 saturated heterocycles. The summed E-state index contributed by atoms with van der Waals surface area (Å²) >= 11 is 0. The Balaban J connectivity index is 1.84. The smallest absolute Gasteiger partial charge is 0.237 e. The van der Waals surface area contributed by atoms with Gasteiger partial charge in [-0.15, -0.1) is 0 Å². The van der Waals surface area contributed by atoms with Crippen molar-refractivity contribution in [1.82, 2.24) is 15.6 Å². The maximum Gasteiger partial charge on any atom is 0.237 e. The standard InChI is InChI=1S/C13H19N3O2/c1-18-12-8-10(5-7-15-12)9-16-13(17)11-4-2-3-6-14-11/h5,7-8,11,14H,2-4,6,9H2,1H3,(H,16,17). The van der Waals surface area contributed by atoms with Crippen molar-refractivity contribution in [3.63, 3.8) is 0 Å². The Bertz CT molecular complexity index is 403. The molecule has 0 aromatic carbocycles. The quantitative estimate of drug-likeness (QED) is 0.830. The molecule has 2 N–H and O–H groups in total. The monoisotopic (exact) mass is 249 g/mol. The van der Waals surface area contributed by atoms with Crippen LogP contribution >= 0.6 is 0 Å². The number of hydrogen-bond donors (Lipinski definition) is 2. The highest BCUT2D eigenvalue weighted by atomic mass is 16.5. The van der Waals surface area contributed by atoms with E-state index < -0.39 is 0 Å². The zero-order chi connectivity index (χ0) is 12.8. The van der Waals surface area contributed by atoms with Gasteiger partial charge >= 0.3 is 0 Å². The number of hydrogen-bond acceptors (Lipinski definition) is 4. The van der Waals surface area contributed by atoms with Gasteiger partial charge in [-0.2, -0.15) is 0 Å². The molecule has 18 heavy (non-hydrogen) atoms. The number of carbonyl (C=O) groups is 1. The molecule has 1 aromatic heterocycles. The Labute approximate surface area is 107 Å². The van der Waals surface area contributed by atoms with Gasteiger partial charge in [-0.3, -0.25) is 4.79 Å². The summed E-state index contributed by atoms with van der Waals surface area (Å²) in [6, 6.07) is 3.66. The Morgan fingerprint density at radius 3 is 3.22 bits per heavy atom. The van der Waals surface area contributed by atoms with Crippen LogP contribution in [0.2, 0.25) is 0 Å². The van der Waals surface area contributed by atoms with Crippen LogP contribution in [0.3, 0.4) is 0 Å². The summed E-state index contributed by atoms with van der Waals surface area (Å²) in [5.74, 6) is 0.642. The number of nitrogens with zero attached hydrogens (tertiary/aromatic N) is 1. The molecular formula is C13H19N3O2. The Hall–Kier alpha value is -1.62. The van der Waals surface area contributed by atoms with E-state index in [-0.39, 0.29) is 11.9 Å². The summed E-state index contributed by atoms with van der Waals surface area (Å²) in [5.41, 5.74) is 0.992. The van der Waals surface area contributed by atoms with Gasteiger partial charge in [-0.25, -0.2) is 4.98 Å². The topological polar surface area (TPSA) is 63.2 Å². The number of pyridine rings is 1. The normalized spacial score (nSPS) is 19.3. The van der Waals surface area contributed by atoms with Crippen LogP contribution in [0.15, 0.2) is 18.3 Å². The van der Waals surface area contributed by atoms with E-state index in [1.54, 1.807) is 13.3 Å². The molecule has 98 valence electrons. The summed E-state index contributed by atoms with van der Waals surface area (Å²) < 4.78 is 5.04. The maximum atomic E-state index is 11.9. The first-order valence-electron chi connectivity index (χ1n) is 6.29. The summed E-state index contributed by atoms with van der Waals surface area (Å²) in [6.07, 6.45) is 4.88. The fourth-order valence-electron chi connectivity index (χ4n) is 2.06. The van der Waals surface area contributed by atoms with Crippen molar-refractivity contribution < 1.29 is 9.53 Å². The van der Waals surface area contributed by atoms with E-state index in [0.29, 0.717) is 12.4 Å². The molecule has 1 fully saturated rings. The predicted molar refractivity (Wildman–Crippen MR) is 68.3 cm³/mol. The van der Waals surface area contributed by atoms with E-state index in [1.807, 2.05) is 12.1 Å². The zero-order valence-electron chi connectivity index (χ0n) is 10.6. The SMILES string of the molecule is COc1cc(CNC(=O)C2CCCCN2)ccn1. The zero-order valence-corrected chi connectivity index (χ0v) is 10.6. The number of methoxy groups -OCH3 is 1. The van der Waals surface area contributed by atoms with Crippen LogP contribution in [0.1, 0.15) is 24.8 Å². The minimum Gasteiger partial charge on any atom is -0.481 e. The summed E-state index contributed by atoms with van der Waals surface area (Å²) in [5, 5.41) is 6.16. The third kappa shape index (κ3) is 3.43. The van der Waals surface area contributed by atoms with Crippen LogP contribution in [0.5, 0.6) is 5.88 Å². The highest BCUT2D eigenvalue weighted by molar-refractivity contribution is 5.81. The maximum absolute atomic E-state index is 11.9. The predicted octanol–water partition coefficient (Wildman–Crippen LogP) is 0.848. The van der Waals surface area contributed by atoms with Gasteiger partial charge in [0.1, 0.15) is 0 Å².